The number of aryl methyl sites for hydroxylation is 1. The summed E-state index contributed by atoms with van der Waals surface area (Å²) < 4.78 is 0. The normalized spacial score (nSPS) is 11.2. The average molecular weight is 313 g/mol. The second-order valence-electron chi connectivity index (χ2n) is 5.28. The Balaban J connectivity index is 2.99. The first-order chi connectivity index (χ1) is 9.66. The maximum atomic E-state index is 12.4. The average Bonchev–Trinajstić information content (AvgIpc) is 2.34. The van der Waals surface area contributed by atoms with E-state index in [0.717, 1.165) is 0 Å². The fourth-order valence-electron chi connectivity index (χ4n) is 1.83. The molecule has 116 valence electrons. The van der Waals surface area contributed by atoms with Gasteiger partial charge in [0.1, 0.15) is 5.03 Å². The van der Waals surface area contributed by atoms with Crippen LogP contribution in [0.2, 0.25) is 0 Å². The number of hydrogen-bond acceptors (Lipinski definition) is 5. The van der Waals surface area contributed by atoms with Crippen molar-refractivity contribution in [3.8, 4) is 0 Å². The third-order valence-electron chi connectivity index (χ3n) is 2.92. The van der Waals surface area contributed by atoms with Gasteiger partial charge in [-0.3, -0.25) is 9.59 Å². The number of hydrogen-bond donors (Lipinski definition) is 3. The van der Waals surface area contributed by atoms with E-state index in [9.17, 15) is 14.4 Å². The number of amides is 1. The third-order valence-corrected chi connectivity index (χ3v) is 3.60. The first-order valence-electron chi connectivity index (χ1n) is 6.35. The first kappa shape index (κ1) is 17.2. The lowest BCUT2D eigenvalue weighted by Crippen LogP contribution is -2.44. The molecule has 0 aliphatic carbocycles. The number of H-pyrrole nitrogens is 1. The van der Waals surface area contributed by atoms with E-state index >= 15 is 0 Å². The molecule has 0 radical (unpaired) electrons. The minimum absolute atomic E-state index is 0.0362. The van der Waals surface area contributed by atoms with E-state index in [1.54, 1.807) is 27.0 Å². The molecule has 21 heavy (non-hydrogen) atoms. The summed E-state index contributed by atoms with van der Waals surface area (Å²) in [6, 6.07) is 0. The molecular formula is C13H19N3O4S. The number of nitrogens with zero attached hydrogens (tertiary/aromatic N) is 1. The maximum Gasteiger partial charge on any atom is 0.346 e. The van der Waals surface area contributed by atoms with E-state index in [2.05, 4.69) is 15.3 Å². The summed E-state index contributed by atoms with van der Waals surface area (Å²) in [6.07, 6.45) is 2.00. The minimum Gasteiger partial charge on any atom is -0.481 e. The van der Waals surface area contributed by atoms with Gasteiger partial charge in [0.25, 0.3) is 5.91 Å². The smallest absolute Gasteiger partial charge is 0.346 e. The Labute approximate surface area is 126 Å². The monoisotopic (exact) mass is 313 g/mol. The van der Waals surface area contributed by atoms with Gasteiger partial charge in [-0.25, -0.2) is 4.79 Å². The Morgan fingerprint density at radius 2 is 2.05 bits per heavy atom. The molecule has 0 spiro atoms. The molecule has 1 rings (SSSR count). The van der Waals surface area contributed by atoms with Crippen molar-refractivity contribution in [1.82, 2.24) is 15.3 Å². The van der Waals surface area contributed by atoms with Crippen molar-refractivity contribution in [1.29, 1.82) is 0 Å². The molecule has 0 bridgehead atoms. The lowest BCUT2D eigenvalue weighted by molar-refractivity contribution is -0.137. The molecule has 7 nitrogen and oxygen atoms in total. The summed E-state index contributed by atoms with van der Waals surface area (Å²) in [5, 5.41) is 11.9. The Bertz CT molecular complexity index is 610. The van der Waals surface area contributed by atoms with Crippen molar-refractivity contribution >= 4 is 23.6 Å². The SMILES string of the molecule is CSc1nc(=O)[nH]c(C)c1C(=O)NC(C)(C)CCC(=O)O. The maximum absolute atomic E-state index is 12.4. The largest absolute Gasteiger partial charge is 0.481 e. The Morgan fingerprint density at radius 1 is 1.43 bits per heavy atom. The molecular weight excluding hydrogens is 294 g/mol. The topological polar surface area (TPSA) is 112 Å². The highest BCUT2D eigenvalue weighted by Gasteiger charge is 2.25. The zero-order valence-electron chi connectivity index (χ0n) is 12.4. The number of carboxylic acid groups (broad SMARTS) is 1. The Hall–Kier alpha value is -1.83. The second kappa shape index (κ2) is 6.75. The van der Waals surface area contributed by atoms with Gasteiger partial charge in [-0.1, -0.05) is 0 Å². The van der Waals surface area contributed by atoms with Crippen LogP contribution < -0.4 is 11.0 Å². The van der Waals surface area contributed by atoms with E-state index in [-0.39, 0.29) is 12.3 Å². The summed E-state index contributed by atoms with van der Waals surface area (Å²) >= 11 is 1.21. The molecule has 1 amide bonds. The first-order valence-corrected chi connectivity index (χ1v) is 7.58. The number of aromatic nitrogens is 2. The quantitative estimate of drug-likeness (QED) is 0.537. The van der Waals surface area contributed by atoms with Crippen LogP contribution in [0, 0.1) is 6.92 Å². The van der Waals surface area contributed by atoms with Crippen molar-refractivity contribution in [3.05, 3.63) is 21.7 Å². The van der Waals surface area contributed by atoms with E-state index in [1.807, 2.05) is 0 Å². The number of aliphatic carboxylic acids is 1. The van der Waals surface area contributed by atoms with E-state index in [1.165, 1.54) is 11.8 Å². The number of thioether (sulfide) groups is 1. The van der Waals surface area contributed by atoms with E-state index < -0.39 is 17.2 Å². The van der Waals surface area contributed by atoms with E-state index in [0.29, 0.717) is 22.7 Å². The van der Waals surface area contributed by atoms with Gasteiger partial charge in [0.15, 0.2) is 0 Å². The van der Waals surface area contributed by atoms with Gasteiger partial charge in [0.2, 0.25) is 0 Å². The molecule has 0 saturated heterocycles. The van der Waals surface area contributed by atoms with Crippen LogP contribution in [0.25, 0.3) is 0 Å². The van der Waals surface area contributed by atoms with Crippen molar-refractivity contribution < 1.29 is 14.7 Å². The molecule has 8 heteroatoms. The van der Waals surface area contributed by atoms with Gasteiger partial charge in [-0.15, -0.1) is 11.8 Å². The molecule has 0 aromatic carbocycles. The van der Waals surface area contributed by atoms with Crippen molar-refractivity contribution in [2.75, 3.05) is 6.26 Å². The lowest BCUT2D eigenvalue weighted by Gasteiger charge is -2.26. The van der Waals surface area contributed by atoms with Crippen LogP contribution in [-0.2, 0) is 4.79 Å². The fraction of sp³-hybridized carbons (Fsp3) is 0.538. The molecule has 3 N–H and O–H groups in total. The van der Waals surface area contributed by atoms with Gasteiger partial charge in [-0.05, 0) is 33.4 Å². The van der Waals surface area contributed by atoms with Crippen LogP contribution >= 0.6 is 11.8 Å². The van der Waals surface area contributed by atoms with Crippen LogP contribution in [0.1, 0.15) is 42.7 Å². The van der Waals surface area contributed by atoms with Crippen molar-refractivity contribution in [2.24, 2.45) is 0 Å². The van der Waals surface area contributed by atoms with Gasteiger partial charge in [-0.2, -0.15) is 4.98 Å². The van der Waals surface area contributed by atoms with Crippen molar-refractivity contribution in [3.63, 3.8) is 0 Å². The molecule has 0 atom stereocenters. The van der Waals surface area contributed by atoms with E-state index in [4.69, 9.17) is 5.11 Å². The van der Waals surface area contributed by atoms with Crippen LogP contribution in [0.3, 0.4) is 0 Å². The number of rotatable bonds is 6. The summed E-state index contributed by atoms with van der Waals surface area (Å²) in [5.41, 5.74) is -0.428. The highest BCUT2D eigenvalue weighted by atomic mass is 32.2. The number of carbonyl (C=O) groups is 2. The van der Waals surface area contributed by atoms with Gasteiger partial charge in [0, 0.05) is 17.7 Å². The molecule has 1 heterocycles. The minimum atomic E-state index is -0.913. The van der Waals surface area contributed by atoms with Gasteiger partial charge < -0.3 is 15.4 Å². The number of carboxylic acids is 1. The summed E-state index contributed by atoms with van der Waals surface area (Å²) in [4.78, 5) is 40.6. The Kier molecular flexibility index (Phi) is 5.54. The molecule has 0 unspecified atom stereocenters. The van der Waals surface area contributed by atoms with Gasteiger partial charge >= 0.3 is 11.7 Å². The predicted octanol–water partition coefficient (Wildman–Crippen LogP) is 1.17. The number of carbonyl (C=O) groups excluding carboxylic acids is 1. The third kappa shape index (κ3) is 4.89. The zero-order chi connectivity index (χ0) is 16.2. The van der Waals surface area contributed by atoms with Crippen LogP contribution in [0.5, 0.6) is 0 Å². The molecule has 1 aromatic heterocycles. The summed E-state index contributed by atoms with van der Waals surface area (Å²) in [7, 11) is 0. The molecule has 1 aromatic rings. The van der Waals surface area contributed by atoms with Crippen LogP contribution in [0.15, 0.2) is 9.82 Å². The zero-order valence-corrected chi connectivity index (χ0v) is 13.3. The van der Waals surface area contributed by atoms with Crippen molar-refractivity contribution in [2.45, 2.75) is 44.2 Å². The predicted molar refractivity (Wildman–Crippen MR) is 79.8 cm³/mol. The number of nitrogens with one attached hydrogen (secondary N) is 2. The fourth-order valence-corrected chi connectivity index (χ4v) is 2.45. The van der Waals surface area contributed by atoms with Crippen LogP contribution in [-0.4, -0.2) is 38.7 Å². The van der Waals surface area contributed by atoms with Crippen LogP contribution in [0.4, 0.5) is 0 Å². The molecule has 0 saturated carbocycles. The Morgan fingerprint density at radius 3 is 2.57 bits per heavy atom. The molecule has 0 fully saturated rings. The highest BCUT2D eigenvalue weighted by molar-refractivity contribution is 7.98. The lowest BCUT2D eigenvalue weighted by atomic mass is 9.98. The standard InChI is InChI=1S/C13H19N3O4S/c1-7-9(11(21-4)15-12(20)14-7)10(19)16-13(2,3)6-5-8(17)18/h5-6H2,1-4H3,(H,16,19)(H,17,18)(H,14,15,20). The summed E-state index contributed by atoms with van der Waals surface area (Å²) in [5.74, 6) is -1.29. The molecule has 0 aliphatic rings. The second-order valence-corrected chi connectivity index (χ2v) is 6.08. The van der Waals surface area contributed by atoms with Gasteiger partial charge in [0.05, 0.1) is 5.56 Å². The summed E-state index contributed by atoms with van der Waals surface area (Å²) in [6.45, 7) is 5.13. The molecule has 0 aliphatic heterocycles. The number of aromatic amines is 1. The highest BCUT2D eigenvalue weighted by Crippen LogP contribution is 2.20.